The number of nitrogen functional groups attached to an aromatic ring is 1. The molecular formula is C20H25N3O2. The van der Waals surface area contributed by atoms with E-state index in [2.05, 4.69) is 10.6 Å². The molecule has 5 nitrogen and oxygen atoms in total. The Hall–Kier alpha value is -2.82. The zero-order valence-electron chi connectivity index (χ0n) is 15.1. The van der Waals surface area contributed by atoms with Crippen LogP contribution < -0.4 is 16.4 Å². The fourth-order valence-corrected chi connectivity index (χ4v) is 2.17. The smallest absolute Gasteiger partial charge is 0.229 e. The molecule has 0 aliphatic carbocycles. The van der Waals surface area contributed by atoms with E-state index in [-0.39, 0.29) is 18.2 Å². The number of rotatable bonds is 4. The molecule has 0 heterocycles. The molecule has 25 heavy (non-hydrogen) atoms. The molecule has 0 bridgehead atoms. The van der Waals surface area contributed by atoms with E-state index in [4.69, 9.17) is 5.73 Å². The first-order valence-corrected chi connectivity index (χ1v) is 8.21. The topological polar surface area (TPSA) is 84.2 Å². The molecule has 0 aliphatic heterocycles. The Morgan fingerprint density at radius 2 is 1.64 bits per heavy atom. The Kier molecular flexibility index (Phi) is 5.47. The van der Waals surface area contributed by atoms with E-state index < -0.39 is 5.41 Å². The van der Waals surface area contributed by atoms with Crippen molar-refractivity contribution in [1.82, 2.24) is 0 Å². The summed E-state index contributed by atoms with van der Waals surface area (Å²) in [5.41, 5.74) is 9.01. The third-order valence-electron chi connectivity index (χ3n) is 3.80. The maximum Gasteiger partial charge on any atom is 0.229 e. The van der Waals surface area contributed by atoms with Gasteiger partial charge in [0.2, 0.25) is 11.8 Å². The second kappa shape index (κ2) is 7.38. The number of carbonyl (C=O) groups is 2. The molecule has 0 radical (unpaired) electrons. The van der Waals surface area contributed by atoms with Crippen molar-refractivity contribution in [2.45, 2.75) is 34.1 Å². The SMILES string of the molecule is Cc1ccc(NC(=O)Cc2ccc(N)cc2)cc1NC(=O)C(C)(C)C. The van der Waals surface area contributed by atoms with Gasteiger partial charge in [-0.25, -0.2) is 0 Å². The minimum Gasteiger partial charge on any atom is -0.399 e. The van der Waals surface area contributed by atoms with Crippen LogP contribution in [0.15, 0.2) is 42.5 Å². The normalized spacial score (nSPS) is 11.0. The summed E-state index contributed by atoms with van der Waals surface area (Å²) < 4.78 is 0. The number of aryl methyl sites for hydroxylation is 1. The maximum absolute atomic E-state index is 12.2. The van der Waals surface area contributed by atoms with Gasteiger partial charge in [-0.05, 0) is 42.3 Å². The fraction of sp³-hybridized carbons (Fsp3) is 0.300. The molecule has 2 amide bonds. The summed E-state index contributed by atoms with van der Waals surface area (Å²) >= 11 is 0. The van der Waals surface area contributed by atoms with Crippen molar-refractivity contribution >= 4 is 28.9 Å². The Bertz CT molecular complexity index is 775. The van der Waals surface area contributed by atoms with Crippen molar-refractivity contribution in [1.29, 1.82) is 0 Å². The largest absolute Gasteiger partial charge is 0.399 e. The molecule has 5 heteroatoms. The van der Waals surface area contributed by atoms with Crippen LogP contribution in [0.5, 0.6) is 0 Å². The van der Waals surface area contributed by atoms with Gasteiger partial charge in [0.1, 0.15) is 0 Å². The Balaban J connectivity index is 2.07. The molecule has 0 aromatic heterocycles. The second-order valence-electron chi connectivity index (χ2n) is 7.20. The molecule has 0 aliphatic rings. The zero-order chi connectivity index (χ0) is 18.6. The lowest BCUT2D eigenvalue weighted by atomic mass is 9.95. The van der Waals surface area contributed by atoms with Gasteiger partial charge in [0.05, 0.1) is 6.42 Å². The summed E-state index contributed by atoms with van der Waals surface area (Å²) in [5.74, 6) is -0.192. The Labute approximate surface area is 148 Å². The summed E-state index contributed by atoms with van der Waals surface area (Å²) in [6.45, 7) is 7.49. The van der Waals surface area contributed by atoms with E-state index in [0.717, 1.165) is 11.1 Å². The monoisotopic (exact) mass is 339 g/mol. The Morgan fingerprint density at radius 1 is 1.00 bits per heavy atom. The highest BCUT2D eigenvalue weighted by atomic mass is 16.2. The van der Waals surface area contributed by atoms with Gasteiger partial charge in [-0.1, -0.05) is 39.0 Å². The molecule has 0 fully saturated rings. The van der Waals surface area contributed by atoms with Gasteiger partial charge in [0.25, 0.3) is 0 Å². The van der Waals surface area contributed by atoms with E-state index in [1.807, 2.05) is 52.0 Å². The van der Waals surface area contributed by atoms with Gasteiger partial charge in [-0.2, -0.15) is 0 Å². The van der Waals surface area contributed by atoms with Crippen LogP contribution >= 0.6 is 0 Å². The fourth-order valence-electron chi connectivity index (χ4n) is 2.17. The van der Waals surface area contributed by atoms with Crippen LogP contribution in [0.3, 0.4) is 0 Å². The maximum atomic E-state index is 12.2. The average molecular weight is 339 g/mol. The summed E-state index contributed by atoms with van der Waals surface area (Å²) in [6, 6.07) is 12.7. The first-order chi connectivity index (χ1) is 11.6. The van der Waals surface area contributed by atoms with Crippen LogP contribution in [0.4, 0.5) is 17.1 Å². The molecule has 2 aromatic carbocycles. The van der Waals surface area contributed by atoms with E-state index in [1.54, 1.807) is 18.2 Å². The van der Waals surface area contributed by atoms with E-state index in [9.17, 15) is 9.59 Å². The van der Waals surface area contributed by atoms with E-state index in [1.165, 1.54) is 0 Å². The van der Waals surface area contributed by atoms with Gasteiger partial charge >= 0.3 is 0 Å². The minimum atomic E-state index is -0.485. The standard InChI is InChI=1S/C20H25N3O2/c1-13-5-10-16(12-17(13)23-19(25)20(2,3)4)22-18(24)11-14-6-8-15(21)9-7-14/h5-10,12H,11,21H2,1-4H3,(H,22,24)(H,23,25). The number of nitrogens with one attached hydrogen (secondary N) is 2. The lowest BCUT2D eigenvalue weighted by Crippen LogP contribution is -2.28. The van der Waals surface area contributed by atoms with Crippen LogP contribution in [0, 0.1) is 12.3 Å². The van der Waals surface area contributed by atoms with E-state index >= 15 is 0 Å². The van der Waals surface area contributed by atoms with Crippen LogP contribution in [-0.4, -0.2) is 11.8 Å². The van der Waals surface area contributed by atoms with Crippen LogP contribution in [0.2, 0.25) is 0 Å². The molecule has 132 valence electrons. The number of carbonyl (C=O) groups excluding carboxylic acids is 2. The summed E-state index contributed by atoms with van der Waals surface area (Å²) in [5, 5.41) is 5.78. The van der Waals surface area contributed by atoms with Gasteiger partial charge in [-0.15, -0.1) is 0 Å². The average Bonchev–Trinajstić information content (AvgIpc) is 2.52. The van der Waals surface area contributed by atoms with Gasteiger partial charge in [0, 0.05) is 22.5 Å². The van der Waals surface area contributed by atoms with Crippen LogP contribution in [-0.2, 0) is 16.0 Å². The number of benzene rings is 2. The number of amides is 2. The number of nitrogens with two attached hydrogens (primary N) is 1. The molecule has 0 spiro atoms. The van der Waals surface area contributed by atoms with Crippen molar-refractivity contribution < 1.29 is 9.59 Å². The molecule has 0 unspecified atom stereocenters. The van der Waals surface area contributed by atoms with Crippen LogP contribution in [0.1, 0.15) is 31.9 Å². The highest BCUT2D eigenvalue weighted by Crippen LogP contribution is 2.23. The third kappa shape index (κ3) is 5.35. The number of anilines is 3. The summed E-state index contributed by atoms with van der Waals surface area (Å²) in [6.07, 6.45) is 0.262. The molecule has 0 atom stereocenters. The summed E-state index contributed by atoms with van der Waals surface area (Å²) in [4.78, 5) is 24.4. The molecule has 2 aromatic rings. The first kappa shape index (κ1) is 18.5. The van der Waals surface area contributed by atoms with E-state index in [0.29, 0.717) is 17.1 Å². The van der Waals surface area contributed by atoms with Gasteiger partial charge < -0.3 is 16.4 Å². The predicted octanol–water partition coefficient (Wildman–Crippen LogP) is 3.74. The van der Waals surface area contributed by atoms with Crippen LogP contribution in [0.25, 0.3) is 0 Å². The lowest BCUT2D eigenvalue weighted by Gasteiger charge is -2.19. The third-order valence-corrected chi connectivity index (χ3v) is 3.80. The van der Waals surface area contributed by atoms with Crippen molar-refractivity contribution in [3.05, 3.63) is 53.6 Å². The quantitative estimate of drug-likeness (QED) is 0.742. The molecule has 2 rings (SSSR count). The Morgan fingerprint density at radius 3 is 2.24 bits per heavy atom. The minimum absolute atomic E-state index is 0.0686. The highest BCUT2D eigenvalue weighted by Gasteiger charge is 2.21. The highest BCUT2D eigenvalue weighted by molar-refractivity contribution is 5.97. The van der Waals surface area contributed by atoms with Crippen molar-refractivity contribution in [2.75, 3.05) is 16.4 Å². The molecular weight excluding hydrogens is 314 g/mol. The zero-order valence-corrected chi connectivity index (χ0v) is 15.1. The summed E-state index contributed by atoms with van der Waals surface area (Å²) in [7, 11) is 0. The van der Waals surface area contributed by atoms with Crippen molar-refractivity contribution in [3.63, 3.8) is 0 Å². The second-order valence-corrected chi connectivity index (χ2v) is 7.20. The van der Waals surface area contributed by atoms with Crippen molar-refractivity contribution in [2.24, 2.45) is 5.41 Å². The molecule has 4 N–H and O–H groups in total. The molecule has 0 saturated heterocycles. The lowest BCUT2D eigenvalue weighted by molar-refractivity contribution is -0.123. The molecule has 0 saturated carbocycles. The number of hydrogen-bond acceptors (Lipinski definition) is 3. The predicted molar refractivity (Wildman–Crippen MR) is 102 cm³/mol. The first-order valence-electron chi connectivity index (χ1n) is 8.21. The van der Waals surface area contributed by atoms with Gasteiger partial charge in [-0.3, -0.25) is 9.59 Å². The number of hydrogen-bond donors (Lipinski definition) is 3. The van der Waals surface area contributed by atoms with Gasteiger partial charge in [0.15, 0.2) is 0 Å². The van der Waals surface area contributed by atoms with Crippen molar-refractivity contribution in [3.8, 4) is 0 Å².